The molecular weight excluding hydrogens is 352 g/mol. The fourth-order valence-electron chi connectivity index (χ4n) is 2.20. The predicted octanol–water partition coefficient (Wildman–Crippen LogP) is 3.92. The van der Waals surface area contributed by atoms with E-state index in [0.717, 1.165) is 0 Å². The molecule has 0 aromatic heterocycles. The average molecular weight is 365 g/mol. The number of aromatic hydroxyl groups is 1. The van der Waals surface area contributed by atoms with Crippen LogP contribution in [-0.4, -0.2) is 21.2 Å². The fraction of sp³-hybridized carbons (Fsp3) is 0.133. The van der Waals surface area contributed by atoms with Crippen LogP contribution in [0.25, 0.3) is 0 Å². The van der Waals surface area contributed by atoms with Gasteiger partial charge in [-0.25, -0.2) is 0 Å². The molecule has 0 unspecified atom stereocenters. The number of anilines is 1. The van der Waals surface area contributed by atoms with E-state index >= 15 is 0 Å². The molecule has 2 rings (SSSR count). The lowest BCUT2D eigenvalue weighted by atomic mass is 10.0. The molecule has 9 nitrogen and oxygen atoms in total. The van der Waals surface area contributed by atoms with Crippen molar-refractivity contribution in [3.05, 3.63) is 66.2 Å². The number of nitro benzene ring substituents is 2. The van der Waals surface area contributed by atoms with E-state index in [0.29, 0.717) is 11.3 Å². The number of phenolic OH excluding ortho intramolecular Hbond substituents is 1. The van der Waals surface area contributed by atoms with Crippen molar-refractivity contribution in [2.45, 2.75) is 13.8 Å². The number of benzene rings is 2. The molecule has 0 fully saturated rings. The van der Waals surface area contributed by atoms with Gasteiger partial charge in [-0.15, -0.1) is 0 Å². The number of nitrogens with one attached hydrogen (secondary N) is 1. The van der Waals surface area contributed by atoms with E-state index in [4.69, 9.17) is 11.6 Å². The first-order chi connectivity index (χ1) is 11.7. The number of halogens is 1. The summed E-state index contributed by atoms with van der Waals surface area (Å²) in [6, 6.07) is 5.50. The summed E-state index contributed by atoms with van der Waals surface area (Å²) in [6.07, 6.45) is 1.20. The Morgan fingerprint density at radius 2 is 1.72 bits per heavy atom. The van der Waals surface area contributed by atoms with E-state index in [9.17, 15) is 25.3 Å². The molecule has 0 saturated carbocycles. The van der Waals surface area contributed by atoms with Gasteiger partial charge in [-0.2, -0.15) is 5.10 Å². The van der Waals surface area contributed by atoms with Gasteiger partial charge in [0, 0.05) is 23.3 Å². The minimum atomic E-state index is -0.711. The van der Waals surface area contributed by atoms with Crippen molar-refractivity contribution in [3.63, 3.8) is 0 Å². The maximum atomic E-state index is 11.1. The van der Waals surface area contributed by atoms with Gasteiger partial charge in [0.25, 0.3) is 5.69 Å². The minimum Gasteiger partial charge on any atom is -0.502 e. The molecule has 2 aromatic carbocycles. The number of nitrogens with zero attached hydrogens (tertiary/aromatic N) is 3. The summed E-state index contributed by atoms with van der Waals surface area (Å²) in [4.78, 5) is 20.5. The summed E-state index contributed by atoms with van der Waals surface area (Å²) in [6.45, 7) is 3.05. The molecule has 0 aliphatic heterocycles. The SMILES string of the molecule is Cc1c(Cl)c(C)c([N+](=O)[O-])c(O)c1C=NNc1ccc([N+](=O)[O-])cc1. The van der Waals surface area contributed by atoms with Crippen molar-refractivity contribution in [1.29, 1.82) is 0 Å². The first kappa shape index (κ1) is 18.1. The smallest absolute Gasteiger partial charge is 0.315 e. The second-order valence-electron chi connectivity index (χ2n) is 5.11. The molecule has 0 atom stereocenters. The molecule has 0 amide bonds. The third-order valence-electron chi connectivity index (χ3n) is 3.55. The minimum absolute atomic E-state index is 0.0658. The van der Waals surface area contributed by atoms with Gasteiger partial charge in [0.2, 0.25) is 5.75 Å². The zero-order valence-electron chi connectivity index (χ0n) is 13.2. The van der Waals surface area contributed by atoms with E-state index in [1.807, 2.05) is 0 Å². The zero-order valence-corrected chi connectivity index (χ0v) is 13.9. The highest BCUT2D eigenvalue weighted by atomic mass is 35.5. The Balaban J connectivity index is 2.32. The number of nitro groups is 2. The van der Waals surface area contributed by atoms with Crippen molar-refractivity contribution < 1.29 is 15.0 Å². The van der Waals surface area contributed by atoms with Crippen LogP contribution in [0, 0.1) is 34.1 Å². The molecule has 10 heteroatoms. The maximum absolute atomic E-state index is 11.1. The number of rotatable bonds is 5. The zero-order chi connectivity index (χ0) is 18.7. The van der Waals surface area contributed by atoms with Crippen LogP contribution in [0.5, 0.6) is 5.75 Å². The summed E-state index contributed by atoms with van der Waals surface area (Å²) >= 11 is 6.09. The number of phenols is 1. The molecule has 0 spiro atoms. The number of hydrazone groups is 1. The highest BCUT2D eigenvalue weighted by molar-refractivity contribution is 6.33. The van der Waals surface area contributed by atoms with E-state index in [-0.39, 0.29) is 21.8 Å². The molecule has 0 saturated heterocycles. The third-order valence-corrected chi connectivity index (χ3v) is 4.11. The van der Waals surface area contributed by atoms with Crippen molar-refractivity contribution in [2.24, 2.45) is 5.10 Å². The van der Waals surface area contributed by atoms with E-state index in [1.54, 1.807) is 6.92 Å². The number of hydrogen-bond acceptors (Lipinski definition) is 7. The summed E-state index contributed by atoms with van der Waals surface area (Å²) in [5.41, 5.74) is 3.26. The first-order valence-electron chi connectivity index (χ1n) is 6.93. The third kappa shape index (κ3) is 3.66. The van der Waals surface area contributed by atoms with Gasteiger partial charge < -0.3 is 5.11 Å². The largest absolute Gasteiger partial charge is 0.502 e. The summed E-state index contributed by atoms with van der Waals surface area (Å²) < 4.78 is 0. The van der Waals surface area contributed by atoms with Crippen LogP contribution in [0.3, 0.4) is 0 Å². The van der Waals surface area contributed by atoms with Crippen LogP contribution in [0.15, 0.2) is 29.4 Å². The van der Waals surface area contributed by atoms with Crippen LogP contribution >= 0.6 is 11.6 Å². The van der Waals surface area contributed by atoms with E-state index in [2.05, 4.69) is 10.5 Å². The quantitative estimate of drug-likeness (QED) is 0.469. The van der Waals surface area contributed by atoms with Crippen molar-refractivity contribution in [2.75, 3.05) is 5.43 Å². The van der Waals surface area contributed by atoms with Gasteiger partial charge in [-0.1, -0.05) is 11.6 Å². The summed E-state index contributed by atoms with van der Waals surface area (Å²) in [5, 5.41) is 35.9. The van der Waals surface area contributed by atoms with E-state index < -0.39 is 21.3 Å². The topological polar surface area (TPSA) is 131 Å². The Hall–Kier alpha value is -3.20. The van der Waals surface area contributed by atoms with Gasteiger partial charge in [-0.05, 0) is 31.5 Å². The maximum Gasteiger partial charge on any atom is 0.315 e. The van der Waals surface area contributed by atoms with Gasteiger partial charge in [0.05, 0.1) is 26.8 Å². The van der Waals surface area contributed by atoms with Crippen molar-refractivity contribution >= 4 is 34.9 Å². The van der Waals surface area contributed by atoms with Crippen molar-refractivity contribution in [1.82, 2.24) is 0 Å². The summed E-state index contributed by atoms with van der Waals surface area (Å²) in [5.74, 6) is -0.529. The molecule has 0 heterocycles. The lowest BCUT2D eigenvalue weighted by Crippen LogP contribution is -2.01. The molecule has 25 heavy (non-hydrogen) atoms. The summed E-state index contributed by atoms with van der Waals surface area (Å²) in [7, 11) is 0. The van der Waals surface area contributed by atoms with Crippen LogP contribution < -0.4 is 5.43 Å². The monoisotopic (exact) mass is 364 g/mol. The molecular formula is C15H13ClN4O5. The average Bonchev–Trinajstić information content (AvgIpc) is 2.56. The molecule has 2 N–H and O–H groups in total. The standard InChI is InChI=1S/C15H13ClN4O5/c1-8-12(15(21)14(20(24)25)9(2)13(8)16)7-17-18-10-3-5-11(6-4-10)19(22)23/h3-7,18,21H,1-2H3. The van der Waals surface area contributed by atoms with Crippen LogP contribution in [0.4, 0.5) is 17.1 Å². The second kappa shape index (κ2) is 7.14. The van der Waals surface area contributed by atoms with E-state index in [1.165, 1.54) is 37.4 Å². The number of non-ortho nitro benzene ring substituents is 1. The molecule has 0 aliphatic rings. The van der Waals surface area contributed by atoms with Crippen LogP contribution in [0.2, 0.25) is 5.02 Å². The second-order valence-corrected chi connectivity index (χ2v) is 5.48. The first-order valence-corrected chi connectivity index (χ1v) is 7.31. The van der Waals surface area contributed by atoms with Gasteiger partial charge in [0.1, 0.15) is 0 Å². The Bertz CT molecular complexity index is 881. The normalized spacial score (nSPS) is 10.8. The predicted molar refractivity (Wildman–Crippen MR) is 93.6 cm³/mol. The van der Waals surface area contributed by atoms with Gasteiger partial charge >= 0.3 is 5.69 Å². The van der Waals surface area contributed by atoms with Crippen molar-refractivity contribution in [3.8, 4) is 5.75 Å². The molecule has 2 aromatic rings. The Kier molecular flexibility index (Phi) is 5.18. The lowest BCUT2D eigenvalue weighted by molar-refractivity contribution is -0.386. The Morgan fingerprint density at radius 3 is 2.24 bits per heavy atom. The molecule has 0 radical (unpaired) electrons. The molecule has 0 aliphatic carbocycles. The Morgan fingerprint density at radius 1 is 1.12 bits per heavy atom. The lowest BCUT2D eigenvalue weighted by Gasteiger charge is -2.10. The van der Waals surface area contributed by atoms with Gasteiger partial charge in [-0.3, -0.25) is 25.7 Å². The fourth-order valence-corrected chi connectivity index (χ4v) is 2.39. The highest BCUT2D eigenvalue weighted by Crippen LogP contribution is 2.39. The number of hydrogen-bond donors (Lipinski definition) is 2. The van der Waals surface area contributed by atoms with Crippen LogP contribution in [-0.2, 0) is 0 Å². The molecule has 130 valence electrons. The van der Waals surface area contributed by atoms with Gasteiger partial charge in [0.15, 0.2) is 0 Å². The Labute approximate surface area is 146 Å². The highest BCUT2D eigenvalue weighted by Gasteiger charge is 2.25. The molecule has 0 bridgehead atoms. The van der Waals surface area contributed by atoms with Crippen LogP contribution in [0.1, 0.15) is 16.7 Å².